The molecule has 3 aromatic rings. The van der Waals surface area contributed by atoms with Gasteiger partial charge in [0.15, 0.2) is 11.4 Å². The fraction of sp³-hybridized carbons (Fsp3) is 0.158. The minimum atomic E-state index is -0.322. The molecule has 0 fully saturated rings. The predicted molar refractivity (Wildman–Crippen MR) is 100 cm³/mol. The summed E-state index contributed by atoms with van der Waals surface area (Å²) in [7, 11) is 0. The number of aryl methyl sites for hydroxylation is 1. The van der Waals surface area contributed by atoms with Crippen molar-refractivity contribution in [2.45, 2.75) is 18.9 Å². The lowest BCUT2D eigenvalue weighted by atomic mass is 10.2. The van der Waals surface area contributed by atoms with Gasteiger partial charge in [0.25, 0.3) is 0 Å². The number of nitriles is 2. The van der Waals surface area contributed by atoms with Crippen molar-refractivity contribution in [2.24, 2.45) is 5.73 Å². The van der Waals surface area contributed by atoms with E-state index in [1.165, 1.54) is 18.7 Å². The highest BCUT2D eigenvalue weighted by Crippen LogP contribution is 2.29. The lowest BCUT2D eigenvalue weighted by molar-refractivity contribution is -0.112. The van der Waals surface area contributed by atoms with Crippen LogP contribution in [-0.4, -0.2) is 20.9 Å². The van der Waals surface area contributed by atoms with Gasteiger partial charge in [0.2, 0.25) is 0 Å². The fourth-order valence-corrected chi connectivity index (χ4v) is 3.74. The molecule has 0 radical (unpaired) electrons. The second-order valence-corrected chi connectivity index (χ2v) is 6.79. The predicted octanol–water partition coefficient (Wildman–Crippen LogP) is 3.09. The number of nitrogens with two attached hydrogens (primary N) is 1. The molecule has 0 bridgehead atoms. The number of carbonyl (C=O) groups excluding carboxylic acids is 1. The summed E-state index contributed by atoms with van der Waals surface area (Å²) in [5.74, 6) is -0.248. The lowest BCUT2D eigenvalue weighted by Crippen LogP contribution is -2.10. The number of nitrogens with zero attached hydrogens (tertiary/aromatic N) is 4. The van der Waals surface area contributed by atoms with Gasteiger partial charge in [-0.2, -0.15) is 10.5 Å². The number of rotatable bonds is 4. The summed E-state index contributed by atoms with van der Waals surface area (Å²) >= 11 is 1.30. The molecule has 2 N–H and O–H groups in total. The monoisotopic (exact) mass is 361 g/mol. The molecule has 0 atom stereocenters. The molecular formula is C19H15N5OS. The van der Waals surface area contributed by atoms with Crippen LogP contribution in [0.2, 0.25) is 0 Å². The van der Waals surface area contributed by atoms with Crippen molar-refractivity contribution in [3.63, 3.8) is 0 Å². The number of carbonyl (C=O) groups is 1. The van der Waals surface area contributed by atoms with Crippen molar-refractivity contribution in [1.29, 1.82) is 10.5 Å². The van der Waals surface area contributed by atoms with Gasteiger partial charge in [0, 0.05) is 5.70 Å². The fourth-order valence-electron chi connectivity index (χ4n) is 2.74. The number of fused-ring (bicyclic) bond motifs is 3. The molecule has 2 heterocycles. The third-order valence-electron chi connectivity index (χ3n) is 3.99. The van der Waals surface area contributed by atoms with Gasteiger partial charge in [-0.05, 0) is 37.6 Å². The van der Waals surface area contributed by atoms with Crippen LogP contribution in [0.3, 0.4) is 0 Å². The zero-order chi connectivity index (χ0) is 18.8. The zero-order valence-electron chi connectivity index (χ0n) is 14.3. The van der Waals surface area contributed by atoms with Crippen LogP contribution in [0.25, 0.3) is 16.7 Å². The zero-order valence-corrected chi connectivity index (χ0v) is 15.1. The molecule has 26 heavy (non-hydrogen) atoms. The highest BCUT2D eigenvalue weighted by atomic mass is 32.2. The van der Waals surface area contributed by atoms with Crippen LogP contribution < -0.4 is 5.73 Å². The summed E-state index contributed by atoms with van der Waals surface area (Å²) in [6.07, 6.45) is 0. The quantitative estimate of drug-likeness (QED) is 0.434. The molecule has 0 unspecified atom stereocenters. The Morgan fingerprint density at radius 1 is 1.35 bits per heavy atom. The number of hydrogen-bond donors (Lipinski definition) is 1. The Labute approximate surface area is 154 Å². The minimum absolute atomic E-state index is 0.0189. The van der Waals surface area contributed by atoms with E-state index in [1.54, 1.807) is 0 Å². The highest BCUT2D eigenvalue weighted by Gasteiger charge is 2.17. The molecule has 0 aliphatic rings. The maximum atomic E-state index is 12.3. The Balaban J connectivity index is 2.12. The van der Waals surface area contributed by atoms with Crippen LogP contribution in [0, 0.1) is 29.6 Å². The number of para-hydroxylation sites is 2. The first-order chi connectivity index (χ1) is 12.5. The summed E-state index contributed by atoms with van der Waals surface area (Å²) in [6.45, 7) is 3.38. The van der Waals surface area contributed by atoms with Crippen molar-refractivity contribution >= 4 is 34.2 Å². The molecule has 2 aromatic heterocycles. The Morgan fingerprint density at radius 3 is 2.73 bits per heavy atom. The number of ketones is 1. The van der Waals surface area contributed by atoms with E-state index >= 15 is 0 Å². The Bertz CT molecular complexity index is 1160. The van der Waals surface area contributed by atoms with E-state index in [0.717, 1.165) is 21.6 Å². The van der Waals surface area contributed by atoms with Gasteiger partial charge in [-0.1, -0.05) is 23.9 Å². The summed E-state index contributed by atoms with van der Waals surface area (Å²) in [6, 6.07) is 13.5. The maximum absolute atomic E-state index is 12.3. The summed E-state index contributed by atoms with van der Waals surface area (Å²) in [5, 5.41) is 19.4. The molecule has 6 nitrogen and oxygen atoms in total. The van der Waals surface area contributed by atoms with Crippen molar-refractivity contribution in [1.82, 2.24) is 9.38 Å². The van der Waals surface area contributed by atoms with Crippen molar-refractivity contribution in [3.8, 4) is 12.1 Å². The van der Waals surface area contributed by atoms with E-state index in [-0.39, 0.29) is 22.8 Å². The molecule has 1 aromatic carbocycles. The van der Waals surface area contributed by atoms with Crippen LogP contribution in [0.15, 0.2) is 46.6 Å². The summed E-state index contributed by atoms with van der Waals surface area (Å²) < 4.78 is 1.88. The molecule has 0 aliphatic carbocycles. The van der Waals surface area contributed by atoms with Gasteiger partial charge >= 0.3 is 0 Å². The number of benzene rings is 1. The third-order valence-corrected chi connectivity index (χ3v) is 4.99. The molecular weight excluding hydrogens is 346 g/mol. The van der Waals surface area contributed by atoms with Crippen LogP contribution in [0.5, 0.6) is 0 Å². The van der Waals surface area contributed by atoms with Crippen LogP contribution >= 0.6 is 11.8 Å². The molecule has 0 saturated carbocycles. The average Bonchev–Trinajstić information content (AvgIpc) is 2.99. The topological polar surface area (TPSA) is 108 Å². The van der Waals surface area contributed by atoms with Gasteiger partial charge in [-0.25, -0.2) is 4.98 Å². The molecule has 0 spiro atoms. The van der Waals surface area contributed by atoms with Crippen molar-refractivity contribution in [3.05, 3.63) is 52.7 Å². The number of thioether (sulfide) groups is 1. The summed E-state index contributed by atoms with van der Waals surface area (Å²) in [5.41, 5.74) is 9.30. The Kier molecular flexibility index (Phi) is 4.66. The van der Waals surface area contributed by atoms with Gasteiger partial charge in [-0.3, -0.25) is 9.20 Å². The van der Waals surface area contributed by atoms with Crippen molar-refractivity contribution in [2.75, 3.05) is 5.75 Å². The largest absolute Gasteiger partial charge is 0.401 e. The highest BCUT2D eigenvalue weighted by molar-refractivity contribution is 8.00. The van der Waals surface area contributed by atoms with E-state index in [1.807, 2.05) is 47.7 Å². The number of hydrogen-bond acceptors (Lipinski definition) is 6. The molecule has 0 saturated heterocycles. The number of pyridine rings is 1. The Morgan fingerprint density at radius 2 is 2.08 bits per heavy atom. The number of imidazole rings is 1. The van der Waals surface area contributed by atoms with Crippen LogP contribution in [0.1, 0.15) is 18.1 Å². The molecule has 128 valence electrons. The smallest absolute Gasteiger partial charge is 0.185 e. The minimum Gasteiger partial charge on any atom is -0.401 e. The van der Waals surface area contributed by atoms with Crippen LogP contribution in [-0.2, 0) is 4.79 Å². The first kappa shape index (κ1) is 17.5. The van der Waals surface area contributed by atoms with Gasteiger partial charge in [0.05, 0.1) is 27.4 Å². The van der Waals surface area contributed by atoms with Crippen molar-refractivity contribution < 1.29 is 4.79 Å². The Hall–Kier alpha value is -3.29. The van der Waals surface area contributed by atoms with E-state index in [4.69, 9.17) is 11.0 Å². The van der Waals surface area contributed by atoms with Gasteiger partial charge in [0.1, 0.15) is 17.7 Å². The molecule has 3 rings (SSSR count). The van der Waals surface area contributed by atoms with E-state index in [2.05, 4.69) is 11.1 Å². The number of allylic oxidation sites excluding steroid dienone is 2. The molecule has 0 amide bonds. The third kappa shape index (κ3) is 2.90. The lowest BCUT2D eigenvalue weighted by Gasteiger charge is -2.09. The normalized spacial score (nSPS) is 11.8. The SMILES string of the molecule is C/C(N)=C(\C#N)C(=O)CSc1cc(C)c(C#N)c2nc3ccccc3n12. The second-order valence-electron chi connectivity index (χ2n) is 5.79. The second kappa shape index (κ2) is 6.91. The molecule has 7 heteroatoms. The first-order valence-corrected chi connectivity index (χ1v) is 8.79. The molecule has 0 aliphatic heterocycles. The number of aromatic nitrogens is 2. The number of Topliss-reactive ketones (excluding diaryl/α,β-unsaturated/α-hetero) is 1. The first-order valence-electron chi connectivity index (χ1n) is 7.81. The van der Waals surface area contributed by atoms with Gasteiger partial charge in [-0.15, -0.1) is 0 Å². The van der Waals surface area contributed by atoms with Gasteiger partial charge < -0.3 is 5.73 Å². The average molecular weight is 361 g/mol. The van der Waals surface area contributed by atoms with E-state index in [9.17, 15) is 10.1 Å². The van der Waals surface area contributed by atoms with E-state index in [0.29, 0.717) is 11.2 Å². The maximum Gasteiger partial charge on any atom is 0.185 e. The van der Waals surface area contributed by atoms with Crippen LogP contribution in [0.4, 0.5) is 0 Å². The van der Waals surface area contributed by atoms with E-state index < -0.39 is 0 Å². The standard InChI is InChI=1S/C19H15N5OS/c1-11-7-18(26-10-17(25)14(9-21)12(2)22)24-16-6-4-3-5-15(16)23-19(24)13(11)8-20/h3-7H,10,22H2,1-2H3/b14-12-. The summed E-state index contributed by atoms with van der Waals surface area (Å²) in [4.78, 5) is 16.9.